The number of nitrogens with one attached hydrogen (secondary N) is 2. The Kier molecular flexibility index (Phi) is 2.67. The molecule has 0 aliphatic heterocycles. The van der Waals surface area contributed by atoms with Gasteiger partial charge in [-0.05, 0) is 25.1 Å². The van der Waals surface area contributed by atoms with Crippen LogP contribution in [0.15, 0.2) is 18.2 Å². The molecule has 1 heterocycles. The van der Waals surface area contributed by atoms with E-state index < -0.39 is 5.82 Å². The van der Waals surface area contributed by atoms with E-state index in [2.05, 4.69) is 25.9 Å². The summed E-state index contributed by atoms with van der Waals surface area (Å²) < 4.78 is 13.4. The molecule has 0 saturated carbocycles. The molecule has 0 amide bonds. The molecule has 0 aliphatic carbocycles. The van der Waals surface area contributed by atoms with Crippen LogP contribution in [0.3, 0.4) is 0 Å². The van der Waals surface area contributed by atoms with E-state index in [1.165, 1.54) is 6.07 Å². The fraction of sp³-hybridized carbons (Fsp3) is 0.222. The monoisotopic (exact) mass is 222 g/mol. The lowest BCUT2D eigenvalue weighted by molar-refractivity contribution is 0.626. The molecule has 16 heavy (non-hydrogen) atoms. The second kappa shape index (κ2) is 4.13. The molecule has 0 bridgehead atoms. The first kappa shape index (κ1) is 10.3. The summed E-state index contributed by atoms with van der Waals surface area (Å²) in [5.74, 6) is 0.0616. The Hall–Kier alpha value is -2.18. The lowest BCUT2D eigenvalue weighted by atomic mass is 10.2. The predicted octanol–water partition coefficient (Wildman–Crippen LogP) is 1.09. The van der Waals surface area contributed by atoms with Crippen molar-refractivity contribution in [2.24, 2.45) is 0 Å². The number of aromatic nitrogens is 4. The molecule has 1 aromatic carbocycles. The number of hydrogen-bond donors (Lipinski definition) is 3. The van der Waals surface area contributed by atoms with E-state index in [9.17, 15) is 4.39 Å². The molecule has 0 spiro atoms. The third kappa shape index (κ3) is 2.08. The van der Waals surface area contributed by atoms with Crippen molar-refractivity contribution in [2.75, 3.05) is 11.1 Å². The number of benzene rings is 1. The van der Waals surface area contributed by atoms with Crippen LogP contribution in [0.5, 0.6) is 0 Å². The van der Waals surface area contributed by atoms with E-state index in [0.717, 1.165) is 0 Å². The smallest absolute Gasteiger partial charge is 0.196 e. The van der Waals surface area contributed by atoms with Gasteiger partial charge in [0.25, 0.3) is 0 Å². The summed E-state index contributed by atoms with van der Waals surface area (Å²) in [4.78, 5) is 0. The number of H-pyrrole nitrogens is 1. The van der Waals surface area contributed by atoms with Gasteiger partial charge in [-0.15, -0.1) is 10.2 Å². The number of tetrazole rings is 1. The van der Waals surface area contributed by atoms with Crippen LogP contribution < -0.4 is 11.1 Å². The number of hydrogen-bond acceptors (Lipinski definition) is 5. The van der Waals surface area contributed by atoms with E-state index >= 15 is 0 Å². The van der Waals surface area contributed by atoms with Crippen molar-refractivity contribution >= 4 is 11.4 Å². The standard InChI is InChI=1S/C9H11FN6/c1-5(9-13-15-16-14-9)12-8-3-2-6(11)4-7(8)10/h2-5,12H,11H2,1H3,(H,13,14,15,16). The molecule has 0 aliphatic rings. The molecule has 6 nitrogen and oxygen atoms in total. The highest BCUT2D eigenvalue weighted by molar-refractivity contribution is 5.53. The van der Waals surface area contributed by atoms with E-state index in [-0.39, 0.29) is 6.04 Å². The number of aromatic amines is 1. The zero-order valence-electron chi connectivity index (χ0n) is 8.61. The first-order valence-electron chi connectivity index (χ1n) is 4.71. The molecule has 0 radical (unpaired) electrons. The quantitative estimate of drug-likeness (QED) is 0.676. The summed E-state index contributed by atoms with van der Waals surface area (Å²) in [7, 11) is 0. The SMILES string of the molecule is CC(Nc1ccc(N)cc1F)c1nn[nH]n1. The summed E-state index contributed by atoms with van der Waals surface area (Å²) >= 11 is 0. The van der Waals surface area contributed by atoms with Gasteiger partial charge in [0.05, 0.1) is 11.7 Å². The second-order valence-corrected chi connectivity index (χ2v) is 3.38. The van der Waals surface area contributed by atoms with Crippen LogP contribution in [-0.2, 0) is 0 Å². The summed E-state index contributed by atoms with van der Waals surface area (Å²) in [6, 6.07) is 4.21. The maximum Gasteiger partial charge on any atom is 0.196 e. The summed E-state index contributed by atoms with van der Waals surface area (Å²) in [5.41, 5.74) is 6.18. The van der Waals surface area contributed by atoms with Gasteiger partial charge in [-0.25, -0.2) is 4.39 Å². The third-order valence-corrected chi connectivity index (χ3v) is 2.11. The summed E-state index contributed by atoms with van der Waals surface area (Å²) in [6.07, 6.45) is 0. The lowest BCUT2D eigenvalue weighted by Gasteiger charge is -2.12. The highest BCUT2D eigenvalue weighted by Crippen LogP contribution is 2.21. The topological polar surface area (TPSA) is 92.5 Å². The van der Waals surface area contributed by atoms with Crippen LogP contribution in [0.2, 0.25) is 0 Å². The normalized spacial score (nSPS) is 12.4. The van der Waals surface area contributed by atoms with Crippen LogP contribution in [0.1, 0.15) is 18.8 Å². The van der Waals surface area contributed by atoms with Crippen LogP contribution in [0, 0.1) is 5.82 Å². The van der Waals surface area contributed by atoms with E-state index in [1.54, 1.807) is 19.1 Å². The highest BCUT2D eigenvalue weighted by Gasteiger charge is 2.12. The van der Waals surface area contributed by atoms with Gasteiger partial charge in [-0.2, -0.15) is 5.21 Å². The van der Waals surface area contributed by atoms with Crippen molar-refractivity contribution < 1.29 is 4.39 Å². The number of nitrogen functional groups attached to an aromatic ring is 1. The zero-order valence-corrected chi connectivity index (χ0v) is 8.61. The molecule has 1 atom stereocenters. The lowest BCUT2D eigenvalue weighted by Crippen LogP contribution is -2.10. The van der Waals surface area contributed by atoms with Gasteiger partial charge in [0.2, 0.25) is 0 Å². The van der Waals surface area contributed by atoms with Gasteiger partial charge in [0.1, 0.15) is 5.82 Å². The van der Waals surface area contributed by atoms with Crippen LogP contribution in [0.4, 0.5) is 15.8 Å². The first-order chi connectivity index (χ1) is 7.66. The molecular weight excluding hydrogens is 211 g/mol. The van der Waals surface area contributed by atoms with Crippen molar-refractivity contribution in [3.63, 3.8) is 0 Å². The Balaban J connectivity index is 2.15. The maximum absolute atomic E-state index is 13.4. The highest BCUT2D eigenvalue weighted by atomic mass is 19.1. The van der Waals surface area contributed by atoms with Gasteiger partial charge in [0.15, 0.2) is 5.82 Å². The Labute approximate surface area is 91.0 Å². The fourth-order valence-corrected chi connectivity index (χ4v) is 1.30. The number of nitrogens with zero attached hydrogens (tertiary/aromatic N) is 3. The van der Waals surface area contributed by atoms with Crippen molar-refractivity contribution in [3.05, 3.63) is 29.8 Å². The molecule has 2 rings (SSSR count). The Morgan fingerprint density at radius 3 is 2.94 bits per heavy atom. The number of nitrogens with two attached hydrogens (primary N) is 1. The molecule has 1 aromatic heterocycles. The Morgan fingerprint density at radius 1 is 1.50 bits per heavy atom. The molecule has 0 fully saturated rings. The van der Waals surface area contributed by atoms with Gasteiger partial charge in [-0.1, -0.05) is 5.21 Å². The fourth-order valence-electron chi connectivity index (χ4n) is 1.30. The van der Waals surface area contributed by atoms with Crippen molar-refractivity contribution in [3.8, 4) is 0 Å². The van der Waals surface area contributed by atoms with Gasteiger partial charge in [-0.3, -0.25) is 0 Å². The Bertz CT molecular complexity index is 469. The minimum Gasteiger partial charge on any atom is -0.399 e. The van der Waals surface area contributed by atoms with Crippen molar-refractivity contribution in [2.45, 2.75) is 13.0 Å². The van der Waals surface area contributed by atoms with Crippen LogP contribution in [0.25, 0.3) is 0 Å². The molecule has 7 heteroatoms. The van der Waals surface area contributed by atoms with E-state index in [1.807, 2.05) is 0 Å². The van der Waals surface area contributed by atoms with Crippen molar-refractivity contribution in [1.29, 1.82) is 0 Å². The van der Waals surface area contributed by atoms with Crippen molar-refractivity contribution in [1.82, 2.24) is 20.6 Å². The van der Waals surface area contributed by atoms with E-state index in [4.69, 9.17) is 5.73 Å². The molecule has 2 aromatic rings. The maximum atomic E-state index is 13.4. The minimum absolute atomic E-state index is 0.239. The van der Waals surface area contributed by atoms with E-state index in [0.29, 0.717) is 17.2 Å². The van der Waals surface area contributed by atoms with Gasteiger partial charge in [0, 0.05) is 5.69 Å². The molecule has 84 valence electrons. The van der Waals surface area contributed by atoms with Crippen LogP contribution >= 0.6 is 0 Å². The largest absolute Gasteiger partial charge is 0.399 e. The average molecular weight is 222 g/mol. The summed E-state index contributed by atoms with van der Waals surface area (Å²) in [5, 5.41) is 16.3. The number of anilines is 2. The summed E-state index contributed by atoms with van der Waals surface area (Å²) in [6.45, 7) is 1.81. The molecule has 4 N–H and O–H groups in total. The van der Waals surface area contributed by atoms with Crippen LogP contribution in [-0.4, -0.2) is 20.6 Å². The predicted molar refractivity (Wildman–Crippen MR) is 57.0 cm³/mol. The Morgan fingerprint density at radius 2 is 2.31 bits per heavy atom. The first-order valence-corrected chi connectivity index (χ1v) is 4.71. The van der Waals surface area contributed by atoms with Gasteiger partial charge >= 0.3 is 0 Å². The molecule has 0 saturated heterocycles. The van der Waals surface area contributed by atoms with Gasteiger partial charge < -0.3 is 11.1 Å². The third-order valence-electron chi connectivity index (χ3n) is 2.11. The second-order valence-electron chi connectivity index (χ2n) is 3.38. The number of halogens is 1. The number of rotatable bonds is 3. The minimum atomic E-state index is -0.407. The average Bonchev–Trinajstić information content (AvgIpc) is 2.75. The molecule has 1 unspecified atom stereocenters. The zero-order chi connectivity index (χ0) is 11.5. The molecular formula is C9H11FN6.